The number of hydrogen-bond donors (Lipinski definition) is 1. The van der Waals surface area contributed by atoms with Gasteiger partial charge >= 0.3 is 5.97 Å². The molecule has 5 nitrogen and oxygen atoms in total. The van der Waals surface area contributed by atoms with Crippen molar-refractivity contribution in [1.82, 2.24) is 0 Å². The zero-order chi connectivity index (χ0) is 18.0. The average molecular weight is 335 g/mol. The van der Waals surface area contributed by atoms with E-state index in [4.69, 9.17) is 5.11 Å². The average Bonchev–Trinajstić information content (AvgIpc) is 2.62. The van der Waals surface area contributed by atoms with E-state index in [0.29, 0.717) is 24.0 Å². The molecule has 1 aliphatic heterocycles. The highest BCUT2D eigenvalue weighted by Crippen LogP contribution is 2.27. The number of aryl methyl sites for hydroxylation is 1. The lowest BCUT2D eigenvalue weighted by Crippen LogP contribution is -2.31. The maximum Gasteiger partial charge on any atom is 0.335 e. The molecule has 5 heteroatoms. The lowest BCUT2D eigenvalue weighted by Gasteiger charge is -2.25. The number of carboxylic acid groups (broad SMARTS) is 1. The molecule has 126 valence electrons. The molecule has 0 saturated heterocycles. The predicted octanol–water partition coefficient (Wildman–Crippen LogP) is 3.19. The number of anilines is 1. The first-order chi connectivity index (χ1) is 12.0. The summed E-state index contributed by atoms with van der Waals surface area (Å²) in [5.41, 5.74) is 3.19. The molecule has 2 aromatic rings. The highest BCUT2D eigenvalue weighted by Gasteiger charge is 2.21. The Morgan fingerprint density at radius 1 is 1.08 bits per heavy atom. The van der Waals surface area contributed by atoms with Gasteiger partial charge in [0.25, 0.3) is 0 Å². The van der Waals surface area contributed by atoms with Crippen LogP contribution < -0.4 is 4.90 Å². The zero-order valence-electron chi connectivity index (χ0n) is 13.7. The minimum Gasteiger partial charge on any atom is -0.478 e. The van der Waals surface area contributed by atoms with E-state index in [1.54, 1.807) is 42.3 Å². The molecule has 1 aliphatic rings. The number of benzene rings is 2. The van der Waals surface area contributed by atoms with Crippen molar-refractivity contribution in [3.05, 3.63) is 70.8 Å². The number of carbonyl (C=O) groups is 3. The monoisotopic (exact) mass is 335 g/mol. The smallest absolute Gasteiger partial charge is 0.335 e. The molecule has 1 heterocycles. The molecule has 0 spiro atoms. The molecule has 1 N–H and O–H groups in total. The molecule has 0 aliphatic carbocycles. The molecule has 25 heavy (non-hydrogen) atoms. The summed E-state index contributed by atoms with van der Waals surface area (Å²) in [5, 5.41) is 9.00. The number of allylic oxidation sites excluding steroid dienone is 1. The van der Waals surface area contributed by atoms with Crippen LogP contribution in [-0.4, -0.2) is 29.8 Å². The number of aromatic carboxylic acids is 1. The largest absolute Gasteiger partial charge is 0.478 e. The summed E-state index contributed by atoms with van der Waals surface area (Å²) in [6.45, 7) is 0. The van der Waals surface area contributed by atoms with E-state index in [2.05, 4.69) is 0 Å². The molecule has 1 amide bonds. The molecule has 0 radical (unpaired) electrons. The number of amides is 1. The van der Waals surface area contributed by atoms with Crippen LogP contribution >= 0.6 is 0 Å². The van der Waals surface area contributed by atoms with Gasteiger partial charge in [-0.3, -0.25) is 9.59 Å². The highest BCUT2D eigenvalue weighted by atomic mass is 16.4. The van der Waals surface area contributed by atoms with Crippen LogP contribution in [0, 0.1) is 0 Å². The maximum absolute atomic E-state index is 12.4. The first-order valence-corrected chi connectivity index (χ1v) is 7.91. The van der Waals surface area contributed by atoms with Crippen LogP contribution in [0.5, 0.6) is 0 Å². The standard InChI is InChI=1S/C20H17NO4/c1-21-17-8-6-15(12-14(17)7-10-19(21)23)18(22)9-5-13-3-2-4-16(11-13)20(24)25/h2-6,8-9,11-12H,7,10H2,1H3,(H,24,25)/b9-5+. The molecule has 0 fully saturated rings. The van der Waals surface area contributed by atoms with Crippen molar-refractivity contribution in [2.24, 2.45) is 0 Å². The summed E-state index contributed by atoms with van der Waals surface area (Å²) in [6, 6.07) is 11.7. The highest BCUT2D eigenvalue weighted by molar-refractivity contribution is 6.07. The first kappa shape index (κ1) is 16.6. The second-order valence-electron chi connectivity index (χ2n) is 5.92. The van der Waals surface area contributed by atoms with Crippen molar-refractivity contribution in [2.75, 3.05) is 11.9 Å². The molecule has 0 saturated carbocycles. The van der Waals surface area contributed by atoms with Gasteiger partial charge in [-0.05, 0) is 54.0 Å². The zero-order valence-corrected chi connectivity index (χ0v) is 13.7. The van der Waals surface area contributed by atoms with Gasteiger partial charge in [-0.25, -0.2) is 4.79 Å². The number of ketones is 1. The quantitative estimate of drug-likeness (QED) is 0.688. The summed E-state index contributed by atoms with van der Waals surface area (Å²) < 4.78 is 0. The number of rotatable bonds is 4. The first-order valence-electron chi connectivity index (χ1n) is 7.91. The summed E-state index contributed by atoms with van der Waals surface area (Å²) in [6.07, 6.45) is 4.10. The Morgan fingerprint density at radius 3 is 2.64 bits per heavy atom. The van der Waals surface area contributed by atoms with E-state index < -0.39 is 5.97 Å². The summed E-state index contributed by atoms with van der Waals surface area (Å²) in [5.74, 6) is -1.09. The van der Waals surface area contributed by atoms with Gasteiger partial charge in [-0.2, -0.15) is 0 Å². The lowest BCUT2D eigenvalue weighted by molar-refractivity contribution is -0.118. The Kier molecular flexibility index (Phi) is 4.48. The van der Waals surface area contributed by atoms with E-state index in [0.717, 1.165) is 11.3 Å². The van der Waals surface area contributed by atoms with Crippen LogP contribution in [0.4, 0.5) is 5.69 Å². The fourth-order valence-corrected chi connectivity index (χ4v) is 2.85. The summed E-state index contributed by atoms with van der Waals surface area (Å²) in [4.78, 5) is 36.7. The van der Waals surface area contributed by atoms with Gasteiger partial charge in [0, 0.05) is 24.7 Å². The summed E-state index contributed by atoms with van der Waals surface area (Å²) in [7, 11) is 1.73. The normalized spacial score (nSPS) is 13.8. The Bertz CT molecular complexity index is 898. The van der Waals surface area contributed by atoms with Crippen molar-refractivity contribution < 1.29 is 19.5 Å². The molecule has 0 atom stereocenters. The van der Waals surface area contributed by atoms with E-state index in [1.165, 1.54) is 18.2 Å². The number of carboxylic acids is 1. The molecule has 0 bridgehead atoms. The Morgan fingerprint density at radius 2 is 1.88 bits per heavy atom. The van der Waals surface area contributed by atoms with E-state index >= 15 is 0 Å². The van der Waals surface area contributed by atoms with Crippen molar-refractivity contribution >= 4 is 29.4 Å². The number of nitrogens with zero attached hydrogens (tertiary/aromatic N) is 1. The number of carbonyl (C=O) groups excluding carboxylic acids is 2. The van der Waals surface area contributed by atoms with Crippen molar-refractivity contribution in [3.63, 3.8) is 0 Å². The van der Waals surface area contributed by atoms with Crippen molar-refractivity contribution in [1.29, 1.82) is 0 Å². The fraction of sp³-hybridized carbons (Fsp3) is 0.150. The number of hydrogen-bond acceptors (Lipinski definition) is 3. The second kappa shape index (κ2) is 6.73. The van der Waals surface area contributed by atoms with Gasteiger partial charge in [0.05, 0.1) is 5.56 Å². The van der Waals surface area contributed by atoms with Gasteiger partial charge < -0.3 is 10.0 Å². The van der Waals surface area contributed by atoms with E-state index in [1.807, 2.05) is 6.07 Å². The Balaban J connectivity index is 1.81. The molecule has 0 aromatic heterocycles. The van der Waals surface area contributed by atoms with Crippen molar-refractivity contribution in [2.45, 2.75) is 12.8 Å². The molecule has 3 rings (SSSR count). The van der Waals surface area contributed by atoms with Crippen LogP contribution in [0.2, 0.25) is 0 Å². The summed E-state index contributed by atoms with van der Waals surface area (Å²) >= 11 is 0. The fourth-order valence-electron chi connectivity index (χ4n) is 2.85. The predicted molar refractivity (Wildman–Crippen MR) is 94.9 cm³/mol. The molecule has 2 aromatic carbocycles. The minimum atomic E-state index is -1.00. The Hall–Kier alpha value is -3.21. The minimum absolute atomic E-state index is 0.0739. The third-order valence-corrected chi connectivity index (χ3v) is 4.27. The third kappa shape index (κ3) is 3.50. The van der Waals surface area contributed by atoms with Crippen LogP contribution in [0.25, 0.3) is 6.08 Å². The van der Waals surface area contributed by atoms with Gasteiger partial charge in [-0.1, -0.05) is 18.2 Å². The second-order valence-corrected chi connectivity index (χ2v) is 5.92. The van der Waals surface area contributed by atoms with Gasteiger partial charge in [0.15, 0.2) is 5.78 Å². The van der Waals surface area contributed by atoms with Crippen LogP contribution in [-0.2, 0) is 11.2 Å². The maximum atomic E-state index is 12.4. The van der Waals surface area contributed by atoms with E-state index in [9.17, 15) is 14.4 Å². The lowest BCUT2D eigenvalue weighted by atomic mass is 9.97. The molecule has 0 unspecified atom stereocenters. The third-order valence-electron chi connectivity index (χ3n) is 4.27. The van der Waals surface area contributed by atoms with Gasteiger partial charge in [-0.15, -0.1) is 0 Å². The van der Waals surface area contributed by atoms with Crippen molar-refractivity contribution in [3.8, 4) is 0 Å². The van der Waals surface area contributed by atoms with Crippen LogP contribution in [0.15, 0.2) is 48.5 Å². The van der Waals surface area contributed by atoms with Crippen LogP contribution in [0.1, 0.15) is 38.3 Å². The molecular weight excluding hydrogens is 318 g/mol. The molecular formula is C20H17NO4. The SMILES string of the molecule is CN1C(=O)CCc2cc(C(=O)/C=C/c3cccc(C(=O)O)c3)ccc21. The van der Waals surface area contributed by atoms with Crippen LogP contribution in [0.3, 0.4) is 0 Å². The van der Waals surface area contributed by atoms with Gasteiger partial charge in [0.1, 0.15) is 0 Å². The topological polar surface area (TPSA) is 74.7 Å². The Labute approximate surface area is 145 Å². The van der Waals surface area contributed by atoms with E-state index in [-0.39, 0.29) is 17.3 Å². The number of fused-ring (bicyclic) bond motifs is 1. The van der Waals surface area contributed by atoms with Gasteiger partial charge in [0.2, 0.25) is 5.91 Å².